The molecule has 2 saturated heterocycles. The number of rotatable bonds is 1. The number of carbonyl (C=O) groups excluding carboxylic acids is 1. The molecule has 0 bridgehead atoms. The zero-order chi connectivity index (χ0) is 10.2. The fraction of sp³-hybridized carbons (Fsp3) is 0.909. The maximum Gasteiger partial charge on any atom is 0.230 e. The lowest BCUT2D eigenvalue weighted by molar-refractivity contribution is -0.138. The molecule has 0 aromatic carbocycles. The van der Waals surface area contributed by atoms with Crippen LogP contribution in [0.2, 0.25) is 0 Å². The van der Waals surface area contributed by atoms with Gasteiger partial charge in [0.05, 0.1) is 5.41 Å². The van der Waals surface area contributed by atoms with Crippen LogP contribution in [0, 0.1) is 5.41 Å². The Balaban J connectivity index is 2.11. The number of hydrogen-bond donors (Lipinski definition) is 1. The Morgan fingerprint density at radius 1 is 1.43 bits per heavy atom. The minimum absolute atomic E-state index is 0.0392. The summed E-state index contributed by atoms with van der Waals surface area (Å²) in [5.41, 5.74) is -0.0392. The maximum absolute atomic E-state index is 12.2. The summed E-state index contributed by atoms with van der Waals surface area (Å²) in [6.45, 7) is 7.14. The van der Waals surface area contributed by atoms with Gasteiger partial charge in [-0.25, -0.2) is 0 Å². The third-order valence-electron chi connectivity index (χ3n) is 3.64. The number of carbonyl (C=O) groups is 1. The fourth-order valence-corrected chi connectivity index (χ4v) is 2.70. The summed E-state index contributed by atoms with van der Waals surface area (Å²) in [4.78, 5) is 14.2. The number of nitrogens with zero attached hydrogens (tertiary/aromatic N) is 1. The van der Waals surface area contributed by atoms with Crippen molar-refractivity contribution in [3.05, 3.63) is 0 Å². The van der Waals surface area contributed by atoms with Gasteiger partial charge in [-0.15, -0.1) is 0 Å². The SMILES string of the molecule is CC(C)N1CCC2(CCCNC2)C1=O. The van der Waals surface area contributed by atoms with E-state index in [1.165, 1.54) is 0 Å². The highest BCUT2D eigenvalue weighted by Gasteiger charge is 2.47. The molecule has 1 spiro atoms. The Morgan fingerprint density at radius 2 is 2.21 bits per heavy atom. The smallest absolute Gasteiger partial charge is 0.230 e. The molecule has 2 fully saturated rings. The highest BCUT2D eigenvalue weighted by molar-refractivity contribution is 5.85. The Morgan fingerprint density at radius 3 is 2.71 bits per heavy atom. The van der Waals surface area contributed by atoms with E-state index in [1.54, 1.807) is 0 Å². The average molecular weight is 196 g/mol. The van der Waals surface area contributed by atoms with Crippen molar-refractivity contribution in [2.75, 3.05) is 19.6 Å². The monoisotopic (exact) mass is 196 g/mol. The zero-order valence-electron chi connectivity index (χ0n) is 9.18. The zero-order valence-corrected chi connectivity index (χ0v) is 9.18. The van der Waals surface area contributed by atoms with Crippen LogP contribution in [0.5, 0.6) is 0 Å². The molecule has 2 rings (SSSR count). The number of hydrogen-bond acceptors (Lipinski definition) is 2. The fourth-order valence-electron chi connectivity index (χ4n) is 2.70. The van der Waals surface area contributed by atoms with Crippen molar-refractivity contribution in [2.24, 2.45) is 5.41 Å². The van der Waals surface area contributed by atoms with E-state index >= 15 is 0 Å². The molecule has 80 valence electrons. The lowest BCUT2D eigenvalue weighted by Gasteiger charge is -2.33. The number of nitrogens with one attached hydrogen (secondary N) is 1. The van der Waals surface area contributed by atoms with Gasteiger partial charge in [-0.1, -0.05) is 0 Å². The molecule has 0 aromatic heterocycles. The first kappa shape index (κ1) is 9.97. The van der Waals surface area contributed by atoms with Crippen LogP contribution in [-0.4, -0.2) is 36.5 Å². The van der Waals surface area contributed by atoms with Crippen LogP contribution >= 0.6 is 0 Å². The molecule has 3 heteroatoms. The van der Waals surface area contributed by atoms with Gasteiger partial charge in [0.15, 0.2) is 0 Å². The molecule has 0 radical (unpaired) electrons. The summed E-state index contributed by atoms with van der Waals surface area (Å²) < 4.78 is 0. The molecule has 1 unspecified atom stereocenters. The minimum atomic E-state index is -0.0392. The summed E-state index contributed by atoms with van der Waals surface area (Å²) >= 11 is 0. The van der Waals surface area contributed by atoms with E-state index in [2.05, 4.69) is 19.2 Å². The summed E-state index contributed by atoms with van der Waals surface area (Å²) in [5.74, 6) is 0.389. The number of amides is 1. The van der Waals surface area contributed by atoms with Gasteiger partial charge in [0.2, 0.25) is 5.91 Å². The minimum Gasteiger partial charge on any atom is -0.340 e. The molecule has 0 aliphatic carbocycles. The number of piperidine rings is 1. The van der Waals surface area contributed by atoms with E-state index in [-0.39, 0.29) is 5.41 Å². The molecule has 1 N–H and O–H groups in total. The summed E-state index contributed by atoms with van der Waals surface area (Å²) in [5, 5.41) is 3.36. The Bertz CT molecular complexity index is 231. The third kappa shape index (κ3) is 1.44. The predicted molar refractivity (Wildman–Crippen MR) is 56.0 cm³/mol. The van der Waals surface area contributed by atoms with Crippen LogP contribution in [0.1, 0.15) is 33.1 Å². The van der Waals surface area contributed by atoms with Crippen LogP contribution < -0.4 is 5.32 Å². The van der Waals surface area contributed by atoms with Crippen LogP contribution in [0.4, 0.5) is 0 Å². The van der Waals surface area contributed by atoms with Gasteiger partial charge >= 0.3 is 0 Å². The molecule has 3 nitrogen and oxygen atoms in total. The Kier molecular flexibility index (Phi) is 2.52. The van der Waals surface area contributed by atoms with Crippen LogP contribution in [-0.2, 0) is 4.79 Å². The van der Waals surface area contributed by atoms with E-state index in [0.717, 1.165) is 38.9 Å². The second kappa shape index (κ2) is 3.54. The second-order valence-corrected chi connectivity index (χ2v) is 4.90. The van der Waals surface area contributed by atoms with Crippen LogP contribution in [0.25, 0.3) is 0 Å². The molecule has 0 aromatic rings. The first-order chi connectivity index (χ1) is 6.66. The third-order valence-corrected chi connectivity index (χ3v) is 3.64. The topological polar surface area (TPSA) is 32.3 Å². The van der Waals surface area contributed by atoms with Crippen LogP contribution in [0.3, 0.4) is 0 Å². The molecule has 2 aliphatic heterocycles. The van der Waals surface area contributed by atoms with Gasteiger partial charge < -0.3 is 10.2 Å². The van der Waals surface area contributed by atoms with Gasteiger partial charge in [-0.05, 0) is 39.7 Å². The van der Waals surface area contributed by atoms with Crippen molar-refractivity contribution in [3.8, 4) is 0 Å². The lowest BCUT2D eigenvalue weighted by atomic mass is 9.79. The Hall–Kier alpha value is -0.570. The molecular formula is C11H20N2O. The first-order valence-electron chi connectivity index (χ1n) is 5.67. The van der Waals surface area contributed by atoms with E-state index in [9.17, 15) is 4.79 Å². The second-order valence-electron chi connectivity index (χ2n) is 4.90. The maximum atomic E-state index is 12.2. The van der Waals surface area contributed by atoms with Crippen molar-refractivity contribution >= 4 is 5.91 Å². The molecule has 1 amide bonds. The van der Waals surface area contributed by atoms with E-state index in [1.807, 2.05) is 4.90 Å². The summed E-state index contributed by atoms with van der Waals surface area (Å²) in [7, 11) is 0. The van der Waals surface area contributed by atoms with Gasteiger partial charge in [0, 0.05) is 19.1 Å². The summed E-state index contributed by atoms with van der Waals surface area (Å²) in [6, 6.07) is 0.365. The molecule has 2 heterocycles. The van der Waals surface area contributed by atoms with Gasteiger partial charge in [-0.3, -0.25) is 4.79 Å². The normalized spacial score (nSPS) is 33.4. The largest absolute Gasteiger partial charge is 0.340 e. The van der Waals surface area contributed by atoms with Crippen LogP contribution in [0.15, 0.2) is 0 Å². The summed E-state index contributed by atoms with van der Waals surface area (Å²) in [6.07, 6.45) is 3.29. The highest BCUT2D eigenvalue weighted by atomic mass is 16.2. The highest BCUT2D eigenvalue weighted by Crippen LogP contribution is 2.38. The standard InChI is InChI=1S/C11H20N2O/c1-9(2)13-7-5-11(10(13)14)4-3-6-12-8-11/h9,12H,3-8H2,1-2H3. The lowest BCUT2D eigenvalue weighted by Crippen LogP contribution is -2.46. The quantitative estimate of drug-likeness (QED) is 0.678. The van der Waals surface area contributed by atoms with Gasteiger partial charge in [0.25, 0.3) is 0 Å². The Labute approximate surface area is 85.8 Å². The van der Waals surface area contributed by atoms with Crippen molar-refractivity contribution in [1.29, 1.82) is 0 Å². The van der Waals surface area contributed by atoms with Crippen molar-refractivity contribution in [1.82, 2.24) is 10.2 Å². The van der Waals surface area contributed by atoms with Crippen molar-refractivity contribution in [2.45, 2.75) is 39.2 Å². The molecule has 14 heavy (non-hydrogen) atoms. The van der Waals surface area contributed by atoms with E-state index in [4.69, 9.17) is 0 Å². The van der Waals surface area contributed by atoms with Crippen molar-refractivity contribution < 1.29 is 4.79 Å². The first-order valence-corrected chi connectivity index (χ1v) is 5.67. The van der Waals surface area contributed by atoms with Crippen molar-refractivity contribution in [3.63, 3.8) is 0 Å². The molecule has 1 atom stereocenters. The number of likely N-dealkylation sites (tertiary alicyclic amines) is 1. The average Bonchev–Trinajstić information content (AvgIpc) is 2.46. The molecule has 2 aliphatic rings. The molecule has 0 saturated carbocycles. The molecular weight excluding hydrogens is 176 g/mol. The van der Waals surface area contributed by atoms with E-state index < -0.39 is 0 Å². The van der Waals surface area contributed by atoms with Gasteiger partial charge in [0.1, 0.15) is 0 Å². The van der Waals surface area contributed by atoms with E-state index in [0.29, 0.717) is 11.9 Å². The predicted octanol–water partition coefficient (Wildman–Crippen LogP) is 0.997. The van der Waals surface area contributed by atoms with Gasteiger partial charge in [-0.2, -0.15) is 0 Å².